The van der Waals surface area contributed by atoms with Gasteiger partial charge in [0.15, 0.2) is 17.0 Å². The first-order chi connectivity index (χ1) is 27.4. The highest BCUT2D eigenvalue weighted by Gasteiger charge is 2.26. The van der Waals surface area contributed by atoms with E-state index >= 15 is 0 Å². The van der Waals surface area contributed by atoms with Crippen LogP contribution < -0.4 is 20.3 Å². The lowest BCUT2D eigenvalue weighted by atomic mass is 10.2. The molecule has 5 N–H and O–H groups in total. The number of nitrogens with one attached hydrogen (secondary N) is 2. The molecule has 1 unspecified atom stereocenters. The number of methoxy groups -OCH3 is 1. The van der Waals surface area contributed by atoms with Crippen LogP contribution in [0.1, 0.15) is 25.7 Å². The number of hydrogen-bond donors (Lipinski definition) is 5. The summed E-state index contributed by atoms with van der Waals surface area (Å²) in [6, 6.07) is 0. The second-order valence-electron chi connectivity index (χ2n) is 14.4. The number of imidazole rings is 1. The van der Waals surface area contributed by atoms with Gasteiger partial charge in [-0.15, -0.1) is 5.10 Å². The number of amides is 1. The van der Waals surface area contributed by atoms with E-state index in [9.17, 15) is 38.9 Å². The third-order valence-electron chi connectivity index (χ3n) is 9.90. The lowest BCUT2D eigenvalue weighted by Crippen LogP contribution is -2.49. The van der Waals surface area contributed by atoms with Crippen molar-refractivity contribution < 1.29 is 43.6 Å². The van der Waals surface area contributed by atoms with Crippen molar-refractivity contribution in [2.24, 2.45) is 7.05 Å². The number of rotatable bonds is 18. The van der Waals surface area contributed by atoms with Crippen LogP contribution in [-0.4, -0.2) is 199 Å². The molecule has 0 aliphatic carbocycles. The first kappa shape index (κ1) is 42.9. The molecule has 2 saturated heterocycles. The van der Waals surface area contributed by atoms with E-state index in [-0.39, 0.29) is 38.6 Å². The maximum Gasteiger partial charge on any atom is 0.317 e. The molecule has 5 heterocycles. The maximum absolute atomic E-state index is 14.0. The minimum atomic E-state index is -1.02. The van der Waals surface area contributed by atoms with Gasteiger partial charge in [-0.25, -0.2) is 9.37 Å². The average Bonchev–Trinajstić information content (AvgIpc) is 3.88. The summed E-state index contributed by atoms with van der Waals surface area (Å²) in [7, 11) is 3.37. The molecule has 1 amide bonds. The number of halogens is 1. The van der Waals surface area contributed by atoms with Crippen LogP contribution >= 0.6 is 0 Å². The Bertz CT molecular complexity index is 1790. The van der Waals surface area contributed by atoms with E-state index in [2.05, 4.69) is 30.7 Å². The molecule has 0 spiro atoms. The Balaban J connectivity index is 1.10. The molecule has 22 heteroatoms. The van der Waals surface area contributed by atoms with Crippen LogP contribution in [0.25, 0.3) is 11.2 Å². The monoisotopic (exact) mass is 803 g/mol. The minimum Gasteiger partial charge on any atom is -0.480 e. The zero-order valence-corrected chi connectivity index (χ0v) is 32.6. The summed E-state index contributed by atoms with van der Waals surface area (Å²) in [4.78, 5) is 70.1. The Hall–Kier alpha value is -5.19. The van der Waals surface area contributed by atoms with Gasteiger partial charge in [0.25, 0.3) is 5.88 Å². The number of carbonyl (C=O) groups excluding carboxylic acids is 1. The normalized spacial score (nSPS) is 18.3. The van der Waals surface area contributed by atoms with Crippen molar-refractivity contribution in [3.05, 3.63) is 12.5 Å². The molecule has 0 saturated carbocycles. The molecule has 21 nitrogen and oxygen atoms in total. The van der Waals surface area contributed by atoms with E-state index in [1.807, 2.05) is 23.0 Å². The number of nitrogens with zero attached hydrogens (tertiary/aromatic N) is 11. The predicted octanol–water partition coefficient (Wildman–Crippen LogP) is -0.378. The molecule has 5 rings (SSSR count). The lowest BCUT2D eigenvalue weighted by molar-refractivity contribution is -0.140. The summed E-state index contributed by atoms with van der Waals surface area (Å²) in [6.07, 6.45) is 5.27. The van der Waals surface area contributed by atoms with Crippen LogP contribution in [-0.2, 0) is 32.8 Å². The van der Waals surface area contributed by atoms with Gasteiger partial charge >= 0.3 is 17.9 Å². The molecular formula is C35H54FN13O8. The number of hydrogen-bond acceptors (Lipinski definition) is 15. The number of aliphatic carboxylic acids is 3. The van der Waals surface area contributed by atoms with Gasteiger partial charge in [-0.1, -0.05) is 0 Å². The average molecular weight is 804 g/mol. The van der Waals surface area contributed by atoms with E-state index in [1.165, 1.54) is 7.11 Å². The zero-order chi connectivity index (χ0) is 40.9. The number of alkyl halides is 1. The predicted molar refractivity (Wildman–Crippen MR) is 206 cm³/mol. The second kappa shape index (κ2) is 20.8. The van der Waals surface area contributed by atoms with Crippen LogP contribution in [0.2, 0.25) is 0 Å². The Morgan fingerprint density at radius 2 is 1.40 bits per heavy atom. The SMILES string of the molecule is COc1nn(CCCCCNC(=O)CN2CCN(CC(=O)O)CCN(CC(=O)O)CCN(CC(=O)O)CC2)cc1Nc1nc(N2CCC(F)C2)nc2c1ncn2C. The molecule has 2 fully saturated rings. The number of fused-ring (bicyclic) bond motifs is 1. The molecular weight excluding hydrogens is 749 g/mol. The van der Waals surface area contributed by atoms with Gasteiger partial charge in [0, 0.05) is 79.0 Å². The van der Waals surface area contributed by atoms with E-state index < -0.39 is 24.1 Å². The first-order valence-electron chi connectivity index (χ1n) is 19.1. The van der Waals surface area contributed by atoms with Gasteiger partial charge < -0.3 is 40.2 Å². The molecule has 3 aromatic rings. The van der Waals surface area contributed by atoms with E-state index in [0.29, 0.717) is 113 Å². The van der Waals surface area contributed by atoms with Crippen LogP contribution in [0.5, 0.6) is 5.88 Å². The fourth-order valence-corrected chi connectivity index (χ4v) is 6.85. The Morgan fingerprint density at radius 1 is 0.825 bits per heavy atom. The van der Waals surface area contributed by atoms with Gasteiger partial charge in [-0.05, 0) is 25.7 Å². The summed E-state index contributed by atoms with van der Waals surface area (Å²) in [5.74, 6) is -1.98. The van der Waals surface area contributed by atoms with Crippen molar-refractivity contribution in [1.82, 2.24) is 54.2 Å². The molecule has 2 aliphatic rings. The largest absolute Gasteiger partial charge is 0.480 e. The molecule has 2 aliphatic heterocycles. The maximum atomic E-state index is 14.0. The van der Waals surface area contributed by atoms with Crippen LogP contribution in [0.15, 0.2) is 12.5 Å². The first-order valence-corrected chi connectivity index (χ1v) is 19.1. The third kappa shape index (κ3) is 13.2. The molecule has 0 radical (unpaired) electrons. The Morgan fingerprint density at radius 3 is 1.93 bits per heavy atom. The van der Waals surface area contributed by atoms with Crippen LogP contribution in [0, 0.1) is 0 Å². The van der Waals surface area contributed by atoms with Gasteiger partial charge in [0.2, 0.25) is 11.9 Å². The fourth-order valence-electron chi connectivity index (χ4n) is 6.85. The number of aromatic nitrogens is 6. The quantitative estimate of drug-likeness (QED) is 0.103. The zero-order valence-electron chi connectivity index (χ0n) is 32.6. The number of anilines is 3. The fraction of sp³-hybridized carbons (Fsp3) is 0.657. The molecule has 0 aromatic carbocycles. The van der Waals surface area contributed by atoms with Crippen molar-refractivity contribution >= 4 is 52.4 Å². The highest BCUT2D eigenvalue weighted by atomic mass is 19.1. The minimum absolute atomic E-state index is 0.0584. The molecule has 314 valence electrons. The Labute approximate surface area is 329 Å². The van der Waals surface area contributed by atoms with E-state index in [1.54, 1.807) is 30.3 Å². The molecule has 3 aromatic heterocycles. The standard InChI is InChI=1S/C35H54FN13O8/c1-43-24-38-31-32(40-35(41-33(31)43)48-9-6-25(36)18-48)39-26-19-49(42-34(26)57-2)8-5-3-4-7-37-27(50)20-44-10-12-45(21-28(51)52)14-16-47(23-30(55)56)17-15-46(13-11-44)22-29(53)54/h19,24-25H,3-18,20-23H2,1-2H3,(H,37,50)(H,51,52)(H,53,54)(H,55,56)(H,39,40,41). The Kier molecular flexibility index (Phi) is 15.7. The highest BCUT2D eigenvalue weighted by Crippen LogP contribution is 2.31. The number of aryl methyl sites for hydroxylation is 2. The number of carbonyl (C=O) groups is 4. The van der Waals surface area contributed by atoms with Crippen molar-refractivity contribution in [1.29, 1.82) is 0 Å². The number of carboxylic acid groups (broad SMARTS) is 3. The lowest BCUT2D eigenvalue weighted by Gasteiger charge is -2.32. The topological polar surface area (TPSA) is 240 Å². The second-order valence-corrected chi connectivity index (χ2v) is 14.4. The van der Waals surface area contributed by atoms with E-state index in [0.717, 1.165) is 19.3 Å². The molecule has 1 atom stereocenters. The van der Waals surface area contributed by atoms with Gasteiger partial charge in [-0.3, -0.25) is 43.5 Å². The van der Waals surface area contributed by atoms with Crippen molar-refractivity contribution in [2.75, 3.05) is 115 Å². The van der Waals surface area contributed by atoms with Crippen molar-refractivity contribution in [3.63, 3.8) is 0 Å². The van der Waals surface area contributed by atoms with Gasteiger partial charge in [-0.2, -0.15) is 9.97 Å². The summed E-state index contributed by atoms with van der Waals surface area (Å²) in [5.41, 5.74) is 1.76. The van der Waals surface area contributed by atoms with Gasteiger partial charge in [0.05, 0.1) is 52.4 Å². The van der Waals surface area contributed by atoms with Crippen molar-refractivity contribution in [2.45, 2.75) is 38.4 Å². The van der Waals surface area contributed by atoms with Crippen molar-refractivity contribution in [3.8, 4) is 5.88 Å². The van der Waals surface area contributed by atoms with Crippen LogP contribution in [0.3, 0.4) is 0 Å². The summed E-state index contributed by atoms with van der Waals surface area (Å²) in [5, 5.41) is 39.1. The highest BCUT2D eigenvalue weighted by molar-refractivity contribution is 5.87. The van der Waals surface area contributed by atoms with Gasteiger partial charge in [0.1, 0.15) is 11.9 Å². The molecule has 0 bridgehead atoms. The van der Waals surface area contributed by atoms with E-state index in [4.69, 9.17) is 4.74 Å². The number of ether oxygens (including phenoxy) is 1. The summed E-state index contributed by atoms with van der Waals surface area (Å²) < 4.78 is 23.1. The number of unbranched alkanes of at least 4 members (excludes halogenated alkanes) is 2. The molecule has 57 heavy (non-hydrogen) atoms. The number of carboxylic acids is 3. The van der Waals surface area contributed by atoms with Crippen LogP contribution in [0.4, 0.5) is 21.8 Å². The smallest absolute Gasteiger partial charge is 0.317 e. The third-order valence-corrected chi connectivity index (χ3v) is 9.90. The summed E-state index contributed by atoms with van der Waals surface area (Å²) in [6.45, 7) is 3.78. The summed E-state index contributed by atoms with van der Waals surface area (Å²) >= 11 is 0.